The summed E-state index contributed by atoms with van der Waals surface area (Å²) in [4.78, 5) is 22.7. The lowest BCUT2D eigenvalue weighted by atomic mass is 9.76. The van der Waals surface area contributed by atoms with Crippen molar-refractivity contribution in [1.29, 1.82) is 0 Å². The highest BCUT2D eigenvalue weighted by Gasteiger charge is 2.42. The SMILES string of the molecule is COCCC[C@]1(C(=O)O)CCCN(c2nc(C)ncc2C)C1. The molecule has 2 heterocycles. The number of carboxylic acids is 1. The molecule has 0 amide bonds. The maximum atomic E-state index is 11.9. The van der Waals surface area contributed by atoms with Gasteiger partial charge in [0.05, 0.1) is 5.41 Å². The quantitative estimate of drug-likeness (QED) is 0.812. The Balaban J connectivity index is 2.21. The molecule has 122 valence electrons. The zero-order valence-corrected chi connectivity index (χ0v) is 13.6. The first-order valence-electron chi connectivity index (χ1n) is 7.76. The molecule has 1 aliphatic heterocycles. The van der Waals surface area contributed by atoms with E-state index in [0.29, 0.717) is 31.8 Å². The van der Waals surface area contributed by atoms with Crippen LogP contribution in [0.4, 0.5) is 5.82 Å². The van der Waals surface area contributed by atoms with E-state index in [9.17, 15) is 9.90 Å². The third-order valence-corrected chi connectivity index (χ3v) is 4.40. The summed E-state index contributed by atoms with van der Waals surface area (Å²) in [6.07, 6.45) is 4.78. The summed E-state index contributed by atoms with van der Waals surface area (Å²) in [6.45, 7) is 5.77. The van der Waals surface area contributed by atoms with E-state index < -0.39 is 11.4 Å². The molecule has 1 fully saturated rings. The molecule has 1 aromatic heterocycles. The van der Waals surface area contributed by atoms with Crippen LogP contribution in [0.1, 0.15) is 37.1 Å². The molecule has 0 unspecified atom stereocenters. The standard InChI is InChI=1S/C16H25N3O3/c1-12-10-17-13(2)18-14(12)19-8-4-6-16(11-19,15(20)21)7-5-9-22-3/h10H,4-9,11H2,1-3H3,(H,20,21)/t16-/m1/s1. The van der Waals surface area contributed by atoms with Crippen molar-refractivity contribution in [3.05, 3.63) is 17.6 Å². The van der Waals surface area contributed by atoms with Gasteiger partial charge in [0.1, 0.15) is 11.6 Å². The van der Waals surface area contributed by atoms with Crippen LogP contribution in [0, 0.1) is 19.3 Å². The first-order chi connectivity index (χ1) is 10.5. The van der Waals surface area contributed by atoms with Crippen LogP contribution in [0.15, 0.2) is 6.20 Å². The third kappa shape index (κ3) is 3.55. The highest BCUT2D eigenvalue weighted by atomic mass is 16.5. The number of methoxy groups -OCH3 is 1. The lowest BCUT2D eigenvalue weighted by Crippen LogP contribution is -2.48. The molecule has 1 atom stereocenters. The van der Waals surface area contributed by atoms with Gasteiger partial charge in [0.25, 0.3) is 0 Å². The van der Waals surface area contributed by atoms with Gasteiger partial charge in [-0.15, -0.1) is 0 Å². The van der Waals surface area contributed by atoms with Gasteiger partial charge in [0.15, 0.2) is 0 Å². The lowest BCUT2D eigenvalue weighted by Gasteiger charge is -2.41. The number of hydrogen-bond acceptors (Lipinski definition) is 5. The zero-order chi connectivity index (χ0) is 16.2. The van der Waals surface area contributed by atoms with E-state index in [1.54, 1.807) is 13.3 Å². The van der Waals surface area contributed by atoms with Gasteiger partial charge in [-0.1, -0.05) is 0 Å². The molecule has 1 N–H and O–H groups in total. The minimum Gasteiger partial charge on any atom is -0.481 e. The minimum absolute atomic E-state index is 0.503. The molecule has 0 saturated carbocycles. The molecule has 0 aromatic carbocycles. The van der Waals surface area contributed by atoms with Gasteiger partial charge < -0.3 is 14.7 Å². The van der Waals surface area contributed by atoms with Crippen LogP contribution in [-0.4, -0.2) is 47.8 Å². The predicted molar refractivity (Wildman–Crippen MR) is 84.1 cm³/mol. The highest BCUT2D eigenvalue weighted by molar-refractivity contribution is 5.76. The Morgan fingerprint density at radius 3 is 2.95 bits per heavy atom. The first-order valence-corrected chi connectivity index (χ1v) is 7.76. The highest BCUT2D eigenvalue weighted by Crippen LogP contribution is 2.37. The second-order valence-corrected chi connectivity index (χ2v) is 6.13. The summed E-state index contributed by atoms with van der Waals surface area (Å²) >= 11 is 0. The van der Waals surface area contributed by atoms with Crippen LogP contribution in [0.25, 0.3) is 0 Å². The molecule has 1 saturated heterocycles. The van der Waals surface area contributed by atoms with E-state index in [2.05, 4.69) is 14.9 Å². The van der Waals surface area contributed by atoms with E-state index in [1.807, 2.05) is 13.8 Å². The molecule has 1 aliphatic rings. The summed E-state index contributed by atoms with van der Waals surface area (Å²) in [5.41, 5.74) is 0.283. The molecule has 6 nitrogen and oxygen atoms in total. The van der Waals surface area contributed by atoms with E-state index in [0.717, 1.165) is 30.8 Å². The fourth-order valence-corrected chi connectivity index (χ4v) is 3.19. The van der Waals surface area contributed by atoms with Crippen LogP contribution in [0.5, 0.6) is 0 Å². The fourth-order valence-electron chi connectivity index (χ4n) is 3.19. The van der Waals surface area contributed by atoms with Gasteiger partial charge in [0.2, 0.25) is 0 Å². The number of aryl methyl sites for hydroxylation is 2. The summed E-state index contributed by atoms with van der Waals surface area (Å²) in [6, 6.07) is 0. The molecule has 0 aliphatic carbocycles. The van der Waals surface area contributed by atoms with Crippen molar-refractivity contribution >= 4 is 11.8 Å². The van der Waals surface area contributed by atoms with Crippen molar-refractivity contribution in [2.24, 2.45) is 5.41 Å². The average molecular weight is 307 g/mol. The summed E-state index contributed by atoms with van der Waals surface area (Å²) < 4.78 is 5.08. The molecule has 6 heteroatoms. The number of piperidine rings is 1. The van der Waals surface area contributed by atoms with Crippen LogP contribution in [0.3, 0.4) is 0 Å². The maximum absolute atomic E-state index is 11.9. The first kappa shape index (κ1) is 16.7. The fraction of sp³-hybridized carbons (Fsp3) is 0.688. The topological polar surface area (TPSA) is 75.6 Å². The monoisotopic (exact) mass is 307 g/mol. The van der Waals surface area contributed by atoms with E-state index >= 15 is 0 Å². The number of anilines is 1. The number of rotatable bonds is 6. The Morgan fingerprint density at radius 1 is 1.50 bits per heavy atom. The third-order valence-electron chi connectivity index (χ3n) is 4.40. The van der Waals surface area contributed by atoms with E-state index in [4.69, 9.17) is 4.74 Å². The summed E-state index contributed by atoms with van der Waals surface area (Å²) in [5.74, 6) is 0.868. The normalized spacial score (nSPS) is 21.9. The van der Waals surface area contributed by atoms with Gasteiger partial charge in [-0.2, -0.15) is 0 Å². The smallest absolute Gasteiger partial charge is 0.311 e. The molecular weight excluding hydrogens is 282 g/mol. The second-order valence-electron chi connectivity index (χ2n) is 6.13. The summed E-state index contributed by atoms with van der Waals surface area (Å²) in [7, 11) is 1.65. The van der Waals surface area contributed by atoms with E-state index in [-0.39, 0.29) is 0 Å². The number of ether oxygens (including phenoxy) is 1. The molecule has 0 radical (unpaired) electrons. The van der Waals surface area contributed by atoms with Gasteiger partial charge >= 0.3 is 5.97 Å². The number of hydrogen-bond donors (Lipinski definition) is 1. The molecule has 22 heavy (non-hydrogen) atoms. The van der Waals surface area contributed by atoms with Crippen molar-refractivity contribution in [3.8, 4) is 0 Å². The van der Waals surface area contributed by atoms with Crippen molar-refractivity contribution in [2.75, 3.05) is 31.7 Å². The van der Waals surface area contributed by atoms with Crippen molar-refractivity contribution in [1.82, 2.24) is 9.97 Å². The van der Waals surface area contributed by atoms with Gasteiger partial charge in [-0.25, -0.2) is 9.97 Å². The largest absolute Gasteiger partial charge is 0.481 e. The molecule has 2 rings (SSSR count). The molecule has 0 bridgehead atoms. The number of carboxylic acid groups (broad SMARTS) is 1. The minimum atomic E-state index is -0.711. The van der Waals surface area contributed by atoms with Crippen LogP contribution in [-0.2, 0) is 9.53 Å². The van der Waals surface area contributed by atoms with Gasteiger partial charge in [-0.05, 0) is 39.5 Å². The van der Waals surface area contributed by atoms with Crippen LogP contribution in [0.2, 0.25) is 0 Å². The van der Waals surface area contributed by atoms with Gasteiger partial charge in [0, 0.05) is 38.6 Å². The zero-order valence-electron chi connectivity index (χ0n) is 13.6. The predicted octanol–water partition coefficient (Wildman–Crippen LogP) is 2.19. The van der Waals surface area contributed by atoms with Crippen molar-refractivity contribution in [3.63, 3.8) is 0 Å². The maximum Gasteiger partial charge on any atom is 0.311 e. The molecular formula is C16H25N3O3. The summed E-state index contributed by atoms with van der Waals surface area (Å²) in [5, 5.41) is 9.78. The van der Waals surface area contributed by atoms with E-state index in [1.165, 1.54) is 0 Å². The Labute approximate surface area is 131 Å². The Hall–Kier alpha value is -1.69. The Bertz CT molecular complexity index is 535. The van der Waals surface area contributed by atoms with Crippen LogP contribution < -0.4 is 4.90 Å². The Morgan fingerprint density at radius 2 is 2.27 bits per heavy atom. The number of aromatic nitrogens is 2. The van der Waals surface area contributed by atoms with Crippen LogP contribution >= 0.6 is 0 Å². The average Bonchev–Trinajstić information content (AvgIpc) is 2.50. The lowest BCUT2D eigenvalue weighted by molar-refractivity contribution is -0.150. The Kier molecular flexibility index (Phi) is 5.34. The van der Waals surface area contributed by atoms with Crippen molar-refractivity contribution in [2.45, 2.75) is 39.5 Å². The number of nitrogens with zero attached hydrogens (tertiary/aromatic N) is 3. The second kappa shape index (κ2) is 7.05. The number of carbonyl (C=O) groups is 1. The van der Waals surface area contributed by atoms with Gasteiger partial charge in [-0.3, -0.25) is 4.79 Å². The molecule has 1 aromatic rings. The number of aliphatic carboxylic acids is 1. The van der Waals surface area contributed by atoms with Crippen molar-refractivity contribution < 1.29 is 14.6 Å². The molecule has 0 spiro atoms.